The molecule has 0 saturated carbocycles. The number of aromatic nitrogens is 1. The van der Waals surface area contributed by atoms with Crippen molar-refractivity contribution < 1.29 is 14.6 Å². The van der Waals surface area contributed by atoms with Crippen molar-refractivity contribution in [3.63, 3.8) is 0 Å². The fraction of sp³-hybridized carbons (Fsp3) is 0.111. The van der Waals surface area contributed by atoms with Crippen molar-refractivity contribution in [2.75, 3.05) is 0 Å². The minimum atomic E-state index is -1.17. The monoisotopic (exact) mass is 392 g/mol. The molecule has 4 nitrogen and oxygen atoms in total. The summed E-state index contributed by atoms with van der Waals surface area (Å²) < 4.78 is 5.90. The molecule has 128 valence electrons. The van der Waals surface area contributed by atoms with E-state index in [4.69, 9.17) is 27.9 Å². The number of ether oxygens (including phenoxy) is 1. The second kappa shape index (κ2) is 7.87. The van der Waals surface area contributed by atoms with Crippen LogP contribution in [0.4, 0.5) is 0 Å². The number of thiazole rings is 1. The fourth-order valence-corrected chi connectivity index (χ4v) is 3.43. The summed E-state index contributed by atoms with van der Waals surface area (Å²) in [7, 11) is 0. The topological polar surface area (TPSA) is 62.2 Å². The molecule has 7 heteroatoms. The van der Waals surface area contributed by atoms with Crippen LogP contribution in [-0.2, 0) is 17.8 Å². The normalized spacial score (nSPS) is 10.6. The van der Waals surface area contributed by atoms with Crippen LogP contribution in [0.5, 0.6) is 5.75 Å². The number of halogens is 2. The summed E-state index contributed by atoms with van der Waals surface area (Å²) in [6.07, 6.45) is -0.229. The van der Waals surface area contributed by atoms with E-state index in [0.717, 1.165) is 5.56 Å². The lowest BCUT2D eigenvalue weighted by atomic mass is 10.2. The Morgan fingerprint density at radius 1 is 1.20 bits per heavy atom. The SMILES string of the molecule is O=C([O-])Cc1csc(-c2cc(Cl)ccc2OCc2ccccc2Cl)n1. The molecule has 3 rings (SSSR count). The number of carbonyl (C=O) groups is 1. The lowest BCUT2D eigenvalue weighted by Crippen LogP contribution is -2.24. The van der Waals surface area contributed by atoms with Crippen LogP contribution in [0.2, 0.25) is 10.0 Å². The first-order valence-corrected chi connectivity index (χ1v) is 8.97. The van der Waals surface area contributed by atoms with Gasteiger partial charge in [-0.25, -0.2) is 4.98 Å². The zero-order chi connectivity index (χ0) is 17.8. The maximum Gasteiger partial charge on any atom is 0.130 e. The molecule has 0 radical (unpaired) electrons. The van der Waals surface area contributed by atoms with E-state index in [9.17, 15) is 9.90 Å². The van der Waals surface area contributed by atoms with Crippen molar-refractivity contribution in [1.29, 1.82) is 0 Å². The second-order valence-electron chi connectivity index (χ2n) is 5.21. The Bertz CT molecular complexity index is 911. The van der Waals surface area contributed by atoms with Crippen molar-refractivity contribution in [2.24, 2.45) is 0 Å². The minimum Gasteiger partial charge on any atom is -0.550 e. The third-order valence-corrected chi connectivity index (χ3v) is 4.92. The maximum absolute atomic E-state index is 10.7. The molecular formula is C18H12Cl2NO3S-. The van der Waals surface area contributed by atoms with E-state index in [2.05, 4.69) is 4.98 Å². The number of nitrogens with zero attached hydrogens (tertiary/aromatic N) is 1. The van der Waals surface area contributed by atoms with Gasteiger partial charge in [-0.1, -0.05) is 41.4 Å². The van der Waals surface area contributed by atoms with Crippen molar-refractivity contribution >= 4 is 40.5 Å². The maximum atomic E-state index is 10.7. The molecule has 0 fully saturated rings. The highest BCUT2D eigenvalue weighted by Crippen LogP contribution is 2.35. The van der Waals surface area contributed by atoms with Crippen LogP contribution in [-0.4, -0.2) is 11.0 Å². The van der Waals surface area contributed by atoms with Gasteiger partial charge in [0.25, 0.3) is 0 Å². The predicted octanol–water partition coefficient (Wildman–Crippen LogP) is 3.99. The first kappa shape index (κ1) is 17.7. The van der Waals surface area contributed by atoms with Crippen LogP contribution in [0.25, 0.3) is 10.6 Å². The number of benzene rings is 2. The van der Waals surface area contributed by atoms with Gasteiger partial charge in [0.15, 0.2) is 0 Å². The number of aliphatic carboxylic acids is 1. The molecule has 0 spiro atoms. The van der Waals surface area contributed by atoms with Crippen molar-refractivity contribution in [2.45, 2.75) is 13.0 Å². The van der Waals surface area contributed by atoms with E-state index in [1.165, 1.54) is 11.3 Å². The molecule has 0 saturated heterocycles. The highest BCUT2D eigenvalue weighted by Gasteiger charge is 2.13. The quantitative estimate of drug-likeness (QED) is 0.636. The number of hydrogen-bond acceptors (Lipinski definition) is 5. The molecule has 0 N–H and O–H groups in total. The molecule has 0 aliphatic heterocycles. The van der Waals surface area contributed by atoms with Gasteiger partial charge in [0.1, 0.15) is 17.4 Å². The van der Waals surface area contributed by atoms with Gasteiger partial charge in [-0.15, -0.1) is 11.3 Å². The first-order chi connectivity index (χ1) is 12.0. The van der Waals surface area contributed by atoms with Crippen LogP contribution >= 0.6 is 34.5 Å². The van der Waals surface area contributed by atoms with Crippen LogP contribution < -0.4 is 9.84 Å². The summed E-state index contributed by atoms with van der Waals surface area (Å²) in [5, 5.41) is 14.2. The molecular weight excluding hydrogens is 381 g/mol. The molecule has 0 bridgehead atoms. The van der Waals surface area contributed by atoms with Gasteiger partial charge in [-0.3, -0.25) is 0 Å². The summed E-state index contributed by atoms with van der Waals surface area (Å²) >= 11 is 13.6. The Hall–Kier alpha value is -2.08. The van der Waals surface area contributed by atoms with Crippen molar-refractivity contribution in [3.8, 4) is 16.3 Å². The zero-order valence-electron chi connectivity index (χ0n) is 12.9. The van der Waals surface area contributed by atoms with Gasteiger partial charge in [0, 0.05) is 33.4 Å². The summed E-state index contributed by atoms with van der Waals surface area (Å²) in [4.78, 5) is 15.0. The van der Waals surface area contributed by atoms with E-state index in [1.54, 1.807) is 29.6 Å². The predicted molar refractivity (Wildman–Crippen MR) is 97.1 cm³/mol. The number of carboxylic acids is 1. The second-order valence-corrected chi connectivity index (χ2v) is 6.92. The van der Waals surface area contributed by atoms with Gasteiger partial charge in [-0.05, 0) is 24.3 Å². The standard InChI is InChI=1S/C18H13Cl2NO3S/c19-12-5-6-16(24-9-11-3-1-2-4-15(11)20)14(7-12)18-21-13(10-25-18)8-17(22)23/h1-7,10H,8-9H2,(H,22,23)/p-1. The molecule has 0 aliphatic carbocycles. The van der Waals surface area contributed by atoms with E-state index >= 15 is 0 Å². The Kier molecular flexibility index (Phi) is 5.58. The number of carboxylic acid groups (broad SMARTS) is 1. The minimum absolute atomic E-state index is 0.229. The smallest absolute Gasteiger partial charge is 0.130 e. The summed E-state index contributed by atoms with van der Waals surface area (Å²) in [6.45, 7) is 0.297. The van der Waals surface area contributed by atoms with Crippen LogP contribution in [0.3, 0.4) is 0 Å². The van der Waals surface area contributed by atoms with Gasteiger partial charge in [0.05, 0.1) is 11.3 Å². The van der Waals surface area contributed by atoms with Crippen molar-refractivity contribution in [3.05, 3.63) is 69.1 Å². The molecule has 2 aromatic carbocycles. The zero-order valence-corrected chi connectivity index (χ0v) is 15.2. The average Bonchev–Trinajstić information content (AvgIpc) is 3.02. The van der Waals surface area contributed by atoms with Crippen LogP contribution in [0.15, 0.2) is 47.8 Å². The lowest BCUT2D eigenvalue weighted by molar-refractivity contribution is -0.304. The molecule has 0 atom stereocenters. The van der Waals surface area contributed by atoms with Crippen LogP contribution in [0.1, 0.15) is 11.3 Å². The van der Waals surface area contributed by atoms with Crippen molar-refractivity contribution in [1.82, 2.24) is 4.98 Å². The Labute approximate surface area is 158 Å². The first-order valence-electron chi connectivity index (χ1n) is 7.33. The van der Waals surface area contributed by atoms with Gasteiger partial charge >= 0.3 is 0 Å². The molecule has 1 heterocycles. The molecule has 0 amide bonds. The fourth-order valence-electron chi connectivity index (χ4n) is 2.23. The van der Waals surface area contributed by atoms with Gasteiger partial charge in [-0.2, -0.15) is 0 Å². The molecule has 0 aliphatic rings. The van der Waals surface area contributed by atoms with E-state index in [-0.39, 0.29) is 6.42 Å². The Balaban J connectivity index is 1.86. The summed E-state index contributed by atoms with van der Waals surface area (Å²) in [6, 6.07) is 12.7. The van der Waals surface area contributed by atoms with Gasteiger partial charge < -0.3 is 14.6 Å². The summed E-state index contributed by atoms with van der Waals surface area (Å²) in [5.74, 6) is -0.572. The molecule has 1 aromatic heterocycles. The highest BCUT2D eigenvalue weighted by atomic mass is 35.5. The molecule has 3 aromatic rings. The third kappa shape index (κ3) is 4.51. The van der Waals surface area contributed by atoms with Gasteiger partial charge in [0.2, 0.25) is 0 Å². The highest BCUT2D eigenvalue weighted by molar-refractivity contribution is 7.13. The molecule has 25 heavy (non-hydrogen) atoms. The third-order valence-electron chi connectivity index (χ3n) is 3.39. The Morgan fingerprint density at radius 2 is 2.00 bits per heavy atom. The number of rotatable bonds is 6. The average molecular weight is 393 g/mol. The van der Waals surface area contributed by atoms with Crippen LogP contribution in [0, 0.1) is 0 Å². The summed E-state index contributed by atoms with van der Waals surface area (Å²) in [5.41, 5.74) is 2.01. The lowest BCUT2D eigenvalue weighted by Gasteiger charge is -2.11. The molecule has 0 unspecified atom stereocenters. The largest absolute Gasteiger partial charge is 0.550 e. The number of carbonyl (C=O) groups excluding carboxylic acids is 1. The van der Waals surface area contributed by atoms with E-state index in [0.29, 0.717) is 38.7 Å². The Morgan fingerprint density at radius 3 is 2.76 bits per heavy atom. The van der Waals surface area contributed by atoms with E-state index < -0.39 is 5.97 Å². The number of hydrogen-bond donors (Lipinski definition) is 0. The van der Waals surface area contributed by atoms with E-state index in [1.807, 2.05) is 18.2 Å².